The Balaban J connectivity index is 1.30. The van der Waals surface area contributed by atoms with E-state index < -0.39 is 17.2 Å². The third kappa shape index (κ3) is 8.01. The first-order valence-corrected chi connectivity index (χ1v) is 17.7. The van der Waals surface area contributed by atoms with Crippen molar-refractivity contribution in [3.8, 4) is 0 Å². The molecule has 4 saturated carbocycles. The summed E-state index contributed by atoms with van der Waals surface area (Å²) in [4.78, 5) is 37.4. The van der Waals surface area contributed by atoms with E-state index >= 15 is 0 Å². The number of nitrogens with two attached hydrogens (primary N) is 1. The molecule has 2 N–H and O–H groups in total. The zero-order valence-electron chi connectivity index (χ0n) is 29.3. The van der Waals surface area contributed by atoms with Gasteiger partial charge in [-0.3, -0.25) is 14.4 Å². The largest absolute Gasteiger partial charge is 0.461 e. The topological polar surface area (TPSA) is 105 Å². The van der Waals surface area contributed by atoms with Crippen molar-refractivity contribution < 1.29 is 28.6 Å². The van der Waals surface area contributed by atoms with Crippen molar-refractivity contribution in [1.82, 2.24) is 0 Å². The molecule has 0 radical (unpaired) electrons. The highest BCUT2D eigenvalue weighted by Crippen LogP contribution is 2.68. The second kappa shape index (κ2) is 13.2. The third-order valence-electron chi connectivity index (χ3n) is 12.3. The molecule has 4 fully saturated rings. The van der Waals surface area contributed by atoms with Crippen LogP contribution in [0.4, 0.5) is 0 Å². The van der Waals surface area contributed by atoms with Crippen molar-refractivity contribution >= 4 is 17.9 Å². The van der Waals surface area contributed by atoms with E-state index in [1.165, 1.54) is 38.5 Å². The zero-order valence-corrected chi connectivity index (χ0v) is 29.3. The maximum atomic E-state index is 12.8. The van der Waals surface area contributed by atoms with Gasteiger partial charge in [0.2, 0.25) is 0 Å². The molecule has 0 spiro atoms. The molecule has 0 aromatic rings. The van der Waals surface area contributed by atoms with Crippen LogP contribution in [0.2, 0.25) is 0 Å². The van der Waals surface area contributed by atoms with Crippen molar-refractivity contribution in [3.05, 3.63) is 0 Å². The predicted molar refractivity (Wildman–Crippen MR) is 172 cm³/mol. The SMILES string of the molecule is C[C@H](CCC(=O)OC(C)(C)C)C1CC[C@H]2[C@@H]3CC[C@@H]4C[C@@H](OC(=O)[C@@H](N)CCC(=O)OC(C)(C)C)CC[C@]4(C)[C@H]3CC[C@]12C. The van der Waals surface area contributed by atoms with Crippen molar-refractivity contribution in [1.29, 1.82) is 0 Å². The average molecular weight is 618 g/mol. The highest BCUT2D eigenvalue weighted by molar-refractivity contribution is 5.77. The standard InChI is InChI=1S/C37H63NO6/c1-23(10-16-31(39)43-34(2,3)4)27-13-14-28-26-12-11-24-22-25(18-20-36(24,8)29(26)19-21-37(27,28)9)42-33(41)30(38)15-17-32(40)44-35(5,6)7/h23-30H,10-22,38H2,1-9H3/t23-,24-,25+,26+,27?,28+,29+,30+,36+,37-/m1/s1. The molecule has 0 amide bonds. The van der Waals surface area contributed by atoms with Gasteiger partial charge in [0.1, 0.15) is 23.3 Å². The lowest BCUT2D eigenvalue weighted by Gasteiger charge is -2.61. The van der Waals surface area contributed by atoms with Gasteiger partial charge in [-0.2, -0.15) is 0 Å². The Kier molecular flexibility index (Phi) is 10.6. The highest BCUT2D eigenvalue weighted by atomic mass is 16.6. The Bertz CT molecular complexity index is 1040. The minimum Gasteiger partial charge on any atom is -0.461 e. The van der Waals surface area contributed by atoms with Crippen LogP contribution in [0.25, 0.3) is 0 Å². The maximum absolute atomic E-state index is 12.8. The molecule has 7 nitrogen and oxygen atoms in total. The van der Waals surface area contributed by atoms with Crippen LogP contribution in [0.1, 0.15) is 146 Å². The Morgan fingerprint density at radius 2 is 1.34 bits per heavy atom. The average Bonchev–Trinajstić information content (AvgIpc) is 3.26. The number of ether oxygens (including phenoxy) is 3. The minimum absolute atomic E-state index is 0.0666. The number of carbonyl (C=O) groups is 3. The smallest absolute Gasteiger partial charge is 0.323 e. The molecular weight excluding hydrogens is 554 g/mol. The van der Waals surface area contributed by atoms with E-state index in [9.17, 15) is 14.4 Å². The van der Waals surface area contributed by atoms with Crippen LogP contribution in [-0.4, -0.2) is 41.3 Å². The molecule has 4 aliphatic carbocycles. The van der Waals surface area contributed by atoms with Gasteiger partial charge in [-0.25, -0.2) is 0 Å². The Morgan fingerprint density at radius 1 is 0.773 bits per heavy atom. The summed E-state index contributed by atoms with van der Waals surface area (Å²) in [5.74, 6) is 3.27. The van der Waals surface area contributed by atoms with Gasteiger partial charge in [0, 0.05) is 12.8 Å². The molecule has 10 atom stereocenters. The van der Waals surface area contributed by atoms with E-state index in [4.69, 9.17) is 19.9 Å². The predicted octanol–water partition coefficient (Wildman–Crippen LogP) is 7.76. The van der Waals surface area contributed by atoms with Gasteiger partial charge in [0.05, 0.1) is 0 Å². The molecule has 0 bridgehead atoms. The first kappa shape index (κ1) is 35.2. The number of fused-ring (bicyclic) bond motifs is 5. The molecule has 0 heterocycles. The molecule has 0 aromatic heterocycles. The van der Waals surface area contributed by atoms with Crippen LogP contribution in [0.15, 0.2) is 0 Å². The Labute approximate surface area is 267 Å². The monoisotopic (exact) mass is 617 g/mol. The molecule has 252 valence electrons. The molecule has 7 heteroatoms. The number of rotatable bonds is 9. The highest BCUT2D eigenvalue weighted by Gasteiger charge is 2.60. The molecule has 0 saturated heterocycles. The quantitative estimate of drug-likeness (QED) is 0.208. The Morgan fingerprint density at radius 3 is 1.95 bits per heavy atom. The van der Waals surface area contributed by atoms with Crippen LogP contribution in [0, 0.1) is 46.3 Å². The van der Waals surface area contributed by atoms with Crippen LogP contribution in [0.5, 0.6) is 0 Å². The van der Waals surface area contributed by atoms with Gasteiger partial charge in [0.15, 0.2) is 0 Å². The minimum atomic E-state index is -0.801. The summed E-state index contributed by atoms with van der Waals surface area (Å²) < 4.78 is 16.9. The van der Waals surface area contributed by atoms with E-state index in [-0.39, 0.29) is 36.9 Å². The first-order chi connectivity index (χ1) is 20.3. The second-order valence-electron chi connectivity index (χ2n) is 17.6. The van der Waals surface area contributed by atoms with Crippen LogP contribution >= 0.6 is 0 Å². The van der Waals surface area contributed by atoms with E-state index in [0.717, 1.165) is 43.4 Å². The lowest BCUT2D eigenvalue weighted by Crippen LogP contribution is -2.54. The van der Waals surface area contributed by atoms with Crippen LogP contribution < -0.4 is 5.73 Å². The molecule has 0 aliphatic heterocycles. The fraction of sp³-hybridized carbons (Fsp3) is 0.919. The number of carbonyl (C=O) groups excluding carboxylic acids is 3. The molecule has 4 aliphatic rings. The summed E-state index contributed by atoms with van der Waals surface area (Å²) in [7, 11) is 0. The van der Waals surface area contributed by atoms with E-state index in [1.54, 1.807) is 0 Å². The van der Waals surface area contributed by atoms with Gasteiger partial charge in [-0.1, -0.05) is 20.8 Å². The molecule has 1 unspecified atom stereocenters. The summed E-state index contributed by atoms with van der Waals surface area (Å²) >= 11 is 0. The molecule has 44 heavy (non-hydrogen) atoms. The summed E-state index contributed by atoms with van der Waals surface area (Å²) in [6.45, 7) is 18.8. The summed E-state index contributed by atoms with van der Waals surface area (Å²) in [6, 6.07) is -0.801. The molecular formula is C37H63NO6. The maximum Gasteiger partial charge on any atom is 0.323 e. The third-order valence-corrected chi connectivity index (χ3v) is 12.3. The van der Waals surface area contributed by atoms with Crippen molar-refractivity contribution in [3.63, 3.8) is 0 Å². The van der Waals surface area contributed by atoms with Gasteiger partial charge in [0.25, 0.3) is 0 Å². The van der Waals surface area contributed by atoms with E-state index in [1.807, 2.05) is 41.5 Å². The van der Waals surface area contributed by atoms with Crippen LogP contribution in [0.3, 0.4) is 0 Å². The summed E-state index contributed by atoms with van der Waals surface area (Å²) in [6.07, 6.45) is 12.3. The van der Waals surface area contributed by atoms with Gasteiger partial charge >= 0.3 is 17.9 Å². The number of hydrogen-bond acceptors (Lipinski definition) is 7. The molecule has 0 aromatic carbocycles. The van der Waals surface area contributed by atoms with Crippen molar-refractivity contribution in [2.45, 2.75) is 169 Å². The van der Waals surface area contributed by atoms with Gasteiger partial charge < -0.3 is 19.9 Å². The first-order valence-electron chi connectivity index (χ1n) is 17.7. The normalized spacial score (nSPS) is 36.7. The second-order valence-corrected chi connectivity index (χ2v) is 17.6. The number of hydrogen-bond donors (Lipinski definition) is 1. The fourth-order valence-electron chi connectivity index (χ4n) is 10.3. The fourth-order valence-corrected chi connectivity index (χ4v) is 10.3. The van der Waals surface area contributed by atoms with Crippen LogP contribution in [-0.2, 0) is 28.6 Å². The van der Waals surface area contributed by atoms with E-state index in [2.05, 4.69) is 20.8 Å². The van der Waals surface area contributed by atoms with Gasteiger partial charge in [-0.05, 0) is 159 Å². The molecule has 4 rings (SSSR count). The van der Waals surface area contributed by atoms with Gasteiger partial charge in [-0.15, -0.1) is 0 Å². The Hall–Kier alpha value is -1.63. The summed E-state index contributed by atoms with van der Waals surface area (Å²) in [5.41, 5.74) is 5.83. The lowest BCUT2D eigenvalue weighted by atomic mass is 9.44. The van der Waals surface area contributed by atoms with E-state index in [0.29, 0.717) is 35.0 Å². The summed E-state index contributed by atoms with van der Waals surface area (Å²) in [5, 5.41) is 0. The van der Waals surface area contributed by atoms with Crippen molar-refractivity contribution in [2.75, 3.05) is 0 Å². The number of esters is 3. The zero-order chi connectivity index (χ0) is 32.7. The van der Waals surface area contributed by atoms with Crippen molar-refractivity contribution in [2.24, 2.45) is 52.1 Å². The lowest BCUT2D eigenvalue weighted by molar-refractivity contribution is -0.164.